The quantitative estimate of drug-likeness (QED) is 0.935. The Morgan fingerprint density at radius 3 is 2.52 bits per heavy atom. The average molecular weight is 307 g/mol. The van der Waals surface area contributed by atoms with Crippen LogP contribution in [0.3, 0.4) is 0 Å². The minimum atomic E-state index is -0.491. The van der Waals surface area contributed by atoms with Crippen molar-refractivity contribution in [3.8, 4) is 0 Å². The Morgan fingerprint density at radius 1 is 1.19 bits per heavy atom. The number of aromatic nitrogens is 5. The summed E-state index contributed by atoms with van der Waals surface area (Å²) >= 11 is 5.98. The predicted octanol–water partition coefficient (Wildman–Crippen LogP) is 2.31. The molecule has 0 atom stereocenters. The number of anilines is 1. The zero-order chi connectivity index (χ0) is 15.6. The van der Waals surface area contributed by atoms with E-state index in [-0.39, 0.29) is 22.6 Å². The van der Waals surface area contributed by atoms with E-state index in [4.69, 9.17) is 11.6 Å². The summed E-state index contributed by atoms with van der Waals surface area (Å²) < 4.78 is 0. The first-order valence-electron chi connectivity index (χ1n) is 6.40. The van der Waals surface area contributed by atoms with E-state index in [1.54, 1.807) is 13.8 Å². The van der Waals surface area contributed by atoms with Gasteiger partial charge in [0.05, 0.1) is 22.6 Å². The van der Waals surface area contributed by atoms with Crippen molar-refractivity contribution in [1.29, 1.82) is 0 Å². The van der Waals surface area contributed by atoms with Crippen molar-refractivity contribution in [3.05, 3.63) is 34.1 Å². The number of rotatable bonds is 3. The number of aryl methyl sites for hydroxylation is 2. The first kappa shape index (κ1) is 15.2. The molecule has 2 rings (SSSR count). The van der Waals surface area contributed by atoms with Gasteiger partial charge in [-0.2, -0.15) is 5.10 Å². The van der Waals surface area contributed by atoms with E-state index in [1.807, 2.05) is 13.8 Å². The topological polar surface area (TPSA) is 93.6 Å². The second kappa shape index (κ2) is 6.09. The lowest BCUT2D eigenvalue weighted by molar-refractivity contribution is 0.102. The fourth-order valence-electron chi connectivity index (χ4n) is 1.49. The molecule has 0 unspecified atom stereocenters. The van der Waals surface area contributed by atoms with Crippen LogP contribution in [0.5, 0.6) is 0 Å². The van der Waals surface area contributed by atoms with Crippen molar-refractivity contribution in [2.75, 3.05) is 5.32 Å². The highest BCUT2D eigenvalue weighted by atomic mass is 35.5. The number of hydrogen-bond donors (Lipinski definition) is 1. The smallest absolute Gasteiger partial charge is 0.278 e. The number of carbonyl (C=O) groups excluding carboxylic acids is 1. The van der Waals surface area contributed by atoms with Crippen LogP contribution in [0.4, 0.5) is 5.95 Å². The Hall–Kier alpha value is -2.15. The normalized spacial score (nSPS) is 10.8. The zero-order valence-corrected chi connectivity index (χ0v) is 12.9. The molecule has 1 N–H and O–H groups in total. The summed E-state index contributed by atoms with van der Waals surface area (Å²) in [6.07, 6.45) is 1.41. The lowest BCUT2D eigenvalue weighted by Gasteiger charge is -2.08. The molecule has 21 heavy (non-hydrogen) atoms. The number of halogens is 1. The molecular formula is C13H15ClN6O. The summed E-state index contributed by atoms with van der Waals surface area (Å²) in [6.45, 7) is 7.44. The van der Waals surface area contributed by atoms with Gasteiger partial charge in [-0.05, 0) is 13.8 Å². The highest BCUT2D eigenvalue weighted by molar-refractivity contribution is 6.33. The van der Waals surface area contributed by atoms with Gasteiger partial charge < -0.3 is 0 Å². The molecule has 0 spiro atoms. The van der Waals surface area contributed by atoms with Gasteiger partial charge in [0.1, 0.15) is 5.82 Å². The molecule has 2 aromatic rings. The first-order chi connectivity index (χ1) is 9.88. The van der Waals surface area contributed by atoms with Crippen molar-refractivity contribution < 1.29 is 4.79 Å². The van der Waals surface area contributed by atoms with E-state index in [0.29, 0.717) is 17.2 Å². The molecule has 0 aliphatic carbocycles. The van der Waals surface area contributed by atoms with Crippen molar-refractivity contribution in [2.45, 2.75) is 33.6 Å². The van der Waals surface area contributed by atoms with Crippen LogP contribution < -0.4 is 5.32 Å². The van der Waals surface area contributed by atoms with Crippen LogP contribution >= 0.6 is 11.6 Å². The monoisotopic (exact) mass is 306 g/mol. The van der Waals surface area contributed by atoms with Crippen molar-refractivity contribution >= 4 is 23.5 Å². The van der Waals surface area contributed by atoms with Gasteiger partial charge in [0.15, 0.2) is 5.69 Å². The third kappa shape index (κ3) is 3.49. The molecule has 0 aliphatic heterocycles. The number of nitrogens with zero attached hydrogens (tertiary/aromatic N) is 5. The number of carbonyl (C=O) groups is 1. The molecule has 0 fully saturated rings. The highest BCUT2D eigenvalue weighted by Crippen LogP contribution is 2.17. The third-order valence-electron chi connectivity index (χ3n) is 2.81. The van der Waals surface area contributed by atoms with E-state index in [2.05, 4.69) is 30.5 Å². The van der Waals surface area contributed by atoms with Gasteiger partial charge in [0.2, 0.25) is 5.95 Å². The summed E-state index contributed by atoms with van der Waals surface area (Å²) in [5.74, 6) is 0.260. The van der Waals surface area contributed by atoms with E-state index < -0.39 is 5.91 Å². The van der Waals surface area contributed by atoms with Gasteiger partial charge in [-0.3, -0.25) is 10.1 Å². The van der Waals surface area contributed by atoms with E-state index in [9.17, 15) is 4.79 Å². The van der Waals surface area contributed by atoms with Gasteiger partial charge in [-0.15, -0.1) is 5.10 Å². The molecule has 1 amide bonds. The second-order valence-corrected chi connectivity index (χ2v) is 5.25. The molecule has 0 bridgehead atoms. The van der Waals surface area contributed by atoms with Crippen LogP contribution in [0.25, 0.3) is 0 Å². The summed E-state index contributed by atoms with van der Waals surface area (Å²) in [7, 11) is 0. The second-order valence-electron chi connectivity index (χ2n) is 4.84. The maximum absolute atomic E-state index is 12.2. The molecule has 0 radical (unpaired) electrons. The molecule has 0 saturated heterocycles. The molecule has 8 heteroatoms. The van der Waals surface area contributed by atoms with Gasteiger partial charge in [0.25, 0.3) is 5.91 Å². The molecule has 0 aliphatic rings. The highest BCUT2D eigenvalue weighted by Gasteiger charge is 2.17. The van der Waals surface area contributed by atoms with Crippen LogP contribution in [0, 0.1) is 13.8 Å². The molecule has 2 heterocycles. The maximum Gasteiger partial charge on any atom is 0.278 e. The lowest BCUT2D eigenvalue weighted by atomic mass is 10.2. The van der Waals surface area contributed by atoms with Gasteiger partial charge >= 0.3 is 0 Å². The average Bonchev–Trinajstić information content (AvgIpc) is 2.43. The summed E-state index contributed by atoms with van der Waals surface area (Å²) in [5.41, 5.74) is 1.49. The van der Waals surface area contributed by atoms with E-state index >= 15 is 0 Å². The molecule has 110 valence electrons. The van der Waals surface area contributed by atoms with Crippen LogP contribution in [-0.4, -0.2) is 31.1 Å². The molecule has 0 aromatic carbocycles. The Morgan fingerprint density at radius 2 is 1.90 bits per heavy atom. The van der Waals surface area contributed by atoms with Gasteiger partial charge in [-0.1, -0.05) is 25.4 Å². The van der Waals surface area contributed by atoms with Crippen LogP contribution in [0.15, 0.2) is 6.20 Å². The molecule has 0 saturated carbocycles. The van der Waals surface area contributed by atoms with Crippen molar-refractivity contribution in [1.82, 2.24) is 25.1 Å². The Balaban J connectivity index is 2.27. The Kier molecular flexibility index (Phi) is 4.42. The lowest BCUT2D eigenvalue weighted by Crippen LogP contribution is -2.18. The summed E-state index contributed by atoms with van der Waals surface area (Å²) in [4.78, 5) is 24.6. The summed E-state index contributed by atoms with van der Waals surface area (Å²) in [5, 5.41) is 10.4. The third-order valence-corrected chi connectivity index (χ3v) is 3.09. The zero-order valence-electron chi connectivity index (χ0n) is 12.2. The first-order valence-corrected chi connectivity index (χ1v) is 6.78. The number of nitrogens with one attached hydrogen (secondary N) is 1. The largest absolute Gasteiger partial charge is 0.288 e. The SMILES string of the molecule is Cc1nnc(NC(=O)c2nc(C(C)C)ncc2Cl)nc1C. The van der Waals surface area contributed by atoms with E-state index in [0.717, 1.165) is 0 Å². The van der Waals surface area contributed by atoms with Crippen LogP contribution in [0.1, 0.15) is 47.5 Å². The van der Waals surface area contributed by atoms with Gasteiger partial charge in [-0.25, -0.2) is 15.0 Å². The van der Waals surface area contributed by atoms with Crippen LogP contribution in [-0.2, 0) is 0 Å². The molecular weight excluding hydrogens is 292 g/mol. The fourth-order valence-corrected chi connectivity index (χ4v) is 1.67. The van der Waals surface area contributed by atoms with Crippen molar-refractivity contribution in [2.24, 2.45) is 0 Å². The van der Waals surface area contributed by atoms with Gasteiger partial charge in [0, 0.05) is 5.92 Å². The fraction of sp³-hybridized carbons (Fsp3) is 0.385. The molecule has 2 aromatic heterocycles. The molecule has 7 nitrogen and oxygen atoms in total. The minimum absolute atomic E-state index is 0.0911. The predicted molar refractivity (Wildman–Crippen MR) is 78.4 cm³/mol. The maximum atomic E-state index is 12.2. The van der Waals surface area contributed by atoms with Crippen molar-refractivity contribution in [3.63, 3.8) is 0 Å². The number of amides is 1. The van der Waals surface area contributed by atoms with E-state index in [1.165, 1.54) is 6.20 Å². The number of hydrogen-bond acceptors (Lipinski definition) is 6. The Labute approximate surface area is 127 Å². The van der Waals surface area contributed by atoms with Crippen LogP contribution in [0.2, 0.25) is 5.02 Å². The Bertz CT molecular complexity index is 688. The standard InChI is InChI=1S/C13H15ClN6O/c1-6(2)11-15-5-9(14)10(17-11)12(21)18-13-16-7(3)8(4)19-20-13/h5-6H,1-4H3,(H,16,18,20,21). The summed E-state index contributed by atoms with van der Waals surface area (Å²) in [6, 6.07) is 0. The minimum Gasteiger partial charge on any atom is -0.288 e.